The van der Waals surface area contributed by atoms with Crippen molar-refractivity contribution < 1.29 is 14.3 Å². The van der Waals surface area contributed by atoms with Gasteiger partial charge in [0.15, 0.2) is 0 Å². The van der Waals surface area contributed by atoms with E-state index < -0.39 is 5.91 Å². The number of benzene rings is 2. The summed E-state index contributed by atoms with van der Waals surface area (Å²) in [4.78, 5) is 10.9. The maximum absolute atomic E-state index is 10.9. The maximum Gasteiger partial charge on any atom is 0.221 e. The van der Waals surface area contributed by atoms with Gasteiger partial charge in [-0.15, -0.1) is 0 Å². The van der Waals surface area contributed by atoms with E-state index in [4.69, 9.17) is 26.8 Å². The Labute approximate surface area is 128 Å². The lowest BCUT2D eigenvalue weighted by Crippen LogP contribution is -2.13. The third kappa shape index (κ3) is 4.39. The second kappa shape index (κ2) is 6.99. The Morgan fingerprint density at radius 1 is 1.14 bits per heavy atom. The van der Waals surface area contributed by atoms with Crippen molar-refractivity contribution in [2.24, 2.45) is 5.73 Å². The summed E-state index contributed by atoms with van der Waals surface area (Å²) in [7, 11) is 0. The summed E-state index contributed by atoms with van der Waals surface area (Å²) in [6.07, 6.45) is 0.110. The molecule has 0 aliphatic carbocycles. The zero-order chi connectivity index (χ0) is 15.2. The molecule has 2 aromatic rings. The minimum atomic E-state index is -0.421. The minimum Gasteiger partial charge on any atom is -0.494 e. The average molecular weight is 306 g/mol. The minimum absolute atomic E-state index is 0.110. The van der Waals surface area contributed by atoms with Crippen molar-refractivity contribution >= 4 is 17.5 Å². The molecule has 5 heteroatoms. The number of ether oxygens (including phenoxy) is 2. The van der Waals surface area contributed by atoms with Crippen LogP contribution in [0, 0.1) is 0 Å². The lowest BCUT2D eigenvalue weighted by atomic mass is 10.1. The molecular weight excluding hydrogens is 290 g/mol. The van der Waals surface area contributed by atoms with Gasteiger partial charge < -0.3 is 15.2 Å². The van der Waals surface area contributed by atoms with Crippen molar-refractivity contribution in [3.05, 3.63) is 53.1 Å². The average Bonchev–Trinajstić information content (AvgIpc) is 2.42. The van der Waals surface area contributed by atoms with Crippen LogP contribution in [0.4, 0.5) is 0 Å². The monoisotopic (exact) mass is 305 g/mol. The molecule has 2 rings (SSSR count). The molecule has 0 atom stereocenters. The zero-order valence-corrected chi connectivity index (χ0v) is 12.4. The summed E-state index contributed by atoms with van der Waals surface area (Å²) < 4.78 is 11.1. The first kappa shape index (κ1) is 15.2. The van der Waals surface area contributed by atoms with Gasteiger partial charge in [0.05, 0.1) is 13.0 Å². The molecular formula is C16H16ClNO3. The molecule has 4 nitrogen and oxygen atoms in total. The van der Waals surface area contributed by atoms with E-state index >= 15 is 0 Å². The highest BCUT2D eigenvalue weighted by Gasteiger charge is 2.07. The molecule has 2 aromatic carbocycles. The third-order valence-electron chi connectivity index (χ3n) is 2.74. The number of halogens is 1. The Morgan fingerprint density at radius 3 is 2.52 bits per heavy atom. The van der Waals surface area contributed by atoms with Gasteiger partial charge >= 0.3 is 0 Å². The first-order valence-electron chi connectivity index (χ1n) is 6.56. The first-order chi connectivity index (χ1) is 10.1. The third-order valence-corrected chi connectivity index (χ3v) is 3.09. The number of carbonyl (C=O) groups is 1. The van der Waals surface area contributed by atoms with Crippen LogP contribution in [0.25, 0.3) is 0 Å². The Hall–Kier alpha value is -2.20. The van der Waals surface area contributed by atoms with Crippen LogP contribution in [0.15, 0.2) is 42.5 Å². The van der Waals surface area contributed by atoms with Crippen molar-refractivity contribution in [3.8, 4) is 17.2 Å². The Kier molecular flexibility index (Phi) is 5.06. The molecule has 0 spiro atoms. The molecule has 0 heterocycles. The van der Waals surface area contributed by atoms with Crippen LogP contribution in [0.3, 0.4) is 0 Å². The second-order valence-corrected chi connectivity index (χ2v) is 4.81. The van der Waals surface area contributed by atoms with Crippen LogP contribution in [0.2, 0.25) is 5.02 Å². The summed E-state index contributed by atoms with van der Waals surface area (Å²) in [5.41, 5.74) is 5.84. The first-order valence-corrected chi connectivity index (χ1v) is 6.93. The van der Waals surface area contributed by atoms with Gasteiger partial charge in [-0.25, -0.2) is 0 Å². The Bertz CT molecular complexity index is 643. The fourth-order valence-electron chi connectivity index (χ4n) is 1.85. The molecule has 1 amide bonds. The van der Waals surface area contributed by atoms with E-state index in [1.807, 2.05) is 25.1 Å². The fraction of sp³-hybridized carbons (Fsp3) is 0.188. The van der Waals surface area contributed by atoms with Crippen molar-refractivity contribution in [3.63, 3.8) is 0 Å². The number of amides is 1. The van der Waals surface area contributed by atoms with Crippen LogP contribution >= 0.6 is 11.6 Å². The van der Waals surface area contributed by atoms with Gasteiger partial charge in [-0.1, -0.05) is 23.7 Å². The van der Waals surface area contributed by atoms with Crippen molar-refractivity contribution in [1.82, 2.24) is 0 Å². The highest BCUT2D eigenvalue weighted by atomic mass is 35.5. The molecule has 110 valence electrons. The number of hydrogen-bond acceptors (Lipinski definition) is 3. The van der Waals surface area contributed by atoms with E-state index in [0.717, 1.165) is 5.75 Å². The number of carbonyl (C=O) groups excluding carboxylic acids is 1. The van der Waals surface area contributed by atoms with Crippen molar-refractivity contribution in [1.29, 1.82) is 0 Å². The number of hydrogen-bond donors (Lipinski definition) is 1. The number of primary amides is 1. The molecule has 0 radical (unpaired) electrons. The van der Waals surface area contributed by atoms with Gasteiger partial charge in [0.2, 0.25) is 5.91 Å². The predicted molar refractivity (Wildman–Crippen MR) is 82.0 cm³/mol. The molecule has 0 fully saturated rings. The molecule has 0 bridgehead atoms. The maximum atomic E-state index is 10.9. The van der Waals surface area contributed by atoms with Gasteiger partial charge in [-0.05, 0) is 36.8 Å². The topological polar surface area (TPSA) is 61.6 Å². The van der Waals surface area contributed by atoms with Crippen LogP contribution in [-0.4, -0.2) is 12.5 Å². The molecule has 21 heavy (non-hydrogen) atoms. The SMILES string of the molecule is CCOc1cccc(Oc2ccc(CC(N)=O)c(Cl)c2)c1. The van der Waals surface area contributed by atoms with Crippen LogP contribution < -0.4 is 15.2 Å². The van der Waals surface area contributed by atoms with Gasteiger partial charge in [0.25, 0.3) is 0 Å². The zero-order valence-electron chi connectivity index (χ0n) is 11.6. The van der Waals surface area contributed by atoms with E-state index in [1.54, 1.807) is 24.3 Å². The smallest absolute Gasteiger partial charge is 0.221 e. The summed E-state index contributed by atoms with van der Waals surface area (Å²) in [5.74, 6) is 1.56. The fourth-order valence-corrected chi connectivity index (χ4v) is 2.09. The molecule has 0 saturated heterocycles. The Morgan fingerprint density at radius 2 is 1.86 bits per heavy atom. The summed E-state index contributed by atoms with van der Waals surface area (Å²) in [5, 5.41) is 0.451. The van der Waals surface area contributed by atoms with E-state index in [2.05, 4.69) is 0 Å². The summed E-state index contributed by atoms with van der Waals surface area (Å²) >= 11 is 6.11. The van der Waals surface area contributed by atoms with E-state index in [0.29, 0.717) is 28.7 Å². The molecule has 0 saturated carbocycles. The van der Waals surface area contributed by atoms with E-state index in [9.17, 15) is 4.79 Å². The van der Waals surface area contributed by atoms with E-state index in [1.165, 1.54) is 0 Å². The lowest BCUT2D eigenvalue weighted by molar-refractivity contribution is -0.117. The molecule has 0 aliphatic rings. The quantitative estimate of drug-likeness (QED) is 0.887. The van der Waals surface area contributed by atoms with E-state index in [-0.39, 0.29) is 6.42 Å². The standard InChI is InChI=1S/C16H16ClNO3/c1-2-20-12-4-3-5-13(9-12)21-14-7-6-11(8-16(18)19)15(17)10-14/h3-7,9-10H,2,8H2,1H3,(H2,18,19). The molecule has 0 aromatic heterocycles. The van der Waals surface area contributed by atoms with Gasteiger partial charge in [0.1, 0.15) is 17.2 Å². The molecule has 0 unspecified atom stereocenters. The highest BCUT2D eigenvalue weighted by molar-refractivity contribution is 6.31. The van der Waals surface area contributed by atoms with Crippen LogP contribution in [-0.2, 0) is 11.2 Å². The predicted octanol–water partition coefficient (Wildman–Crippen LogP) is 3.56. The van der Waals surface area contributed by atoms with Crippen molar-refractivity contribution in [2.75, 3.05) is 6.61 Å². The van der Waals surface area contributed by atoms with Gasteiger partial charge in [0, 0.05) is 11.1 Å². The van der Waals surface area contributed by atoms with Gasteiger partial charge in [-0.3, -0.25) is 4.79 Å². The second-order valence-electron chi connectivity index (χ2n) is 4.41. The summed E-state index contributed by atoms with van der Waals surface area (Å²) in [6, 6.07) is 12.5. The normalized spacial score (nSPS) is 10.2. The number of rotatable bonds is 6. The molecule has 0 aliphatic heterocycles. The molecule has 2 N–H and O–H groups in total. The van der Waals surface area contributed by atoms with Crippen molar-refractivity contribution in [2.45, 2.75) is 13.3 Å². The van der Waals surface area contributed by atoms with Gasteiger partial charge in [-0.2, -0.15) is 0 Å². The lowest BCUT2D eigenvalue weighted by Gasteiger charge is -2.09. The highest BCUT2D eigenvalue weighted by Crippen LogP contribution is 2.29. The summed E-state index contributed by atoms with van der Waals surface area (Å²) in [6.45, 7) is 2.52. The van der Waals surface area contributed by atoms with Crippen LogP contribution in [0.5, 0.6) is 17.2 Å². The Balaban J connectivity index is 2.14. The van der Waals surface area contributed by atoms with Crippen LogP contribution in [0.1, 0.15) is 12.5 Å². The largest absolute Gasteiger partial charge is 0.494 e. The number of nitrogens with two attached hydrogens (primary N) is 1.